The molecule has 9 heteroatoms. The molecule has 1 aromatic carbocycles. The normalized spacial score (nSPS) is 18.6. The summed E-state index contributed by atoms with van der Waals surface area (Å²) >= 11 is 1.21. The zero-order chi connectivity index (χ0) is 18.1. The Morgan fingerprint density at radius 3 is 2.56 bits per heavy atom. The van der Waals surface area contributed by atoms with Crippen LogP contribution in [-0.2, 0) is 26.5 Å². The lowest BCUT2D eigenvalue weighted by atomic mass is 10.1. The molecule has 0 aliphatic carbocycles. The van der Waals surface area contributed by atoms with E-state index in [1.54, 1.807) is 5.38 Å². The SMILES string of the molecule is O=S(=O)(Cc1csc(-c2ccc(C(F)(F)F)cc2)n1)C[C@@H]1CCCO1. The summed E-state index contributed by atoms with van der Waals surface area (Å²) in [4.78, 5) is 4.25. The third-order valence-corrected chi connectivity index (χ3v) is 6.40. The van der Waals surface area contributed by atoms with Crippen molar-refractivity contribution in [3.8, 4) is 10.6 Å². The summed E-state index contributed by atoms with van der Waals surface area (Å²) in [5.41, 5.74) is 0.200. The van der Waals surface area contributed by atoms with Crippen molar-refractivity contribution in [3.63, 3.8) is 0 Å². The predicted octanol–water partition coefficient (Wildman–Crippen LogP) is 3.92. The smallest absolute Gasteiger partial charge is 0.377 e. The van der Waals surface area contributed by atoms with E-state index in [0.29, 0.717) is 22.9 Å². The molecule has 0 spiro atoms. The molecule has 0 saturated carbocycles. The largest absolute Gasteiger partial charge is 0.416 e. The molecule has 1 aliphatic rings. The molecule has 0 unspecified atom stereocenters. The molecule has 1 aliphatic heterocycles. The second-order valence-electron chi connectivity index (χ2n) is 5.91. The van der Waals surface area contributed by atoms with Crippen LogP contribution in [0.4, 0.5) is 13.2 Å². The highest BCUT2D eigenvalue weighted by atomic mass is 32.2. The van der Waals surface area contributed by atoms with Crippen molar-refractivity contribution < 1.29 is 26.3 Å². The molecular formula is C16H16F3NO3S2. The monoisotopic (exact) mass is 391 g/mol. The average Bonchev–Trinajstić information content (AvgIpc) is 3.17. The maximum Gasteiger partial charge on any atom is 0.416 e. The minimum atomic E-state index is -4.39. The minimum absolute atomic E-state index is 0.0276. The number of thiazole rings is 1. The fraction of sp³-hybridized carbons (Fsp3) is 0.438. The summed E-state index contributed by atoms with van der Waals surface area (Å²) in [7, 11) is -3.34. The van der Waals surface area contributed by atoms with E-state index in [1.165, 1.54) is 23.5 Å². The lowest BCUT2D eigenvalue weighted by molar-refractivity contribution is -0.137. The molecule has 2 aromatic rings. The van der Waals surface area contributed by atoms with Crippen LogP contribution < -0.4 is 0 Å². The maximum absolute atomic E-state index is 12.6. The number of sulfone groups is 1. The topological polar surface area (TPSA) is 56.3 Å². The second kappa shape index (κ2) is 7.05. The van der Waals surface area contributed by atoms with Gasteiger partial charge in [0.2, 0.25) is 0 Å². The van der Waals surface area contributed by atoms with Crippen LogP contribution >= 0.6 is 11.3 Å². The van der Waals surface area contributed by atoms with Crippen LogP contribution in [0.3, 0.4) is 0 Å². The minimum Gasteiger partial charge on any atom is -0.377 e. The first-order valence-electron chi connectivity index (χ1n) is 7.67. The number of ether oxygens (including phenoxy) is 1. The van der Waals surface area contributed by atoms with E-state index in [4.69, 9.17) is 4.74 Å². The third kappa shape index (κ3) is 4.80. The number of hydrogen-bond acceptors (Lipinski definition) is 5. The van der Waals surface area contributed by atoms with Crippen molar-refractivity contribution >= 4 is 21.2 Å². The van der Waals surface area contributed by atoms with E-state index < -0.39 is 21.6 Å². The summed E-state index contributed by atoms with van der Waals surface area (Å²) in [5.74, 6) is -0.218. The summed E-state index contributed by atoms with van der Waals surface area (Å²) in [5, 5.41) is 2.12. The van der Waals surface area contributed by atoms with Crippen LogP contribution in [-0.4, -0.2) is 31.9 Å². The van der Waals surface area contributed by atoms with Gasteiger partial charge in [0.25, 0.3) is 0 Å². The Kier molecular flexibility index (Phi) is 5.17. The fourth-order valence-corrected chi connectivity index (χ4v) is 5.13. The van der Waals surface area contributed by atoms with Gasteiger partial charge in [0.05, 0.1) is 28.9 Å². The van der Waals surface area contributed by atoms with Gasteiger partial charge in [0.1, 0.15) is 5.01 Å². The van der Waals surface area contributed by atoms with Crippen LogP contribution in [0, 0.1) is 0 Å². The summed E-state index contributed by atoms with van der Waals surface area (Å²) in [6.07, 6.45) is -3.02. The first-order valence-corrected chi connectivity index (χ1v) is 10.4. The number of alkyl halides is 3. The van der Waals surface area contributed by atoms with Gasteiger partial charge in [0.15, 0.2) is 9.84 Å². The van der Waals surface area contributed by atoms with Gasteiger partial charge in [-0.2, -0.15) is 13.2 Å². The highest BCUT2D eigenvalue weighted by molar-refractivity contribution is 7.90. The Labute approximate surface area is 147 Å². The highest BCUT2D eigenvalue weighted by Crippen LogP contribution is 2.32. The number of rotatable bonds is 5. The summed E-state index contributed by atoms with van der Waals surface area (Å²) in [6, 6.07) is 4.66. The lowest BCUT2D eigenvalue weighted by Gasteiger charge is -2.09. The number of halogens is 3. The first kappa shape index (κ1) is 18.3. The predicted molar refractivity (Wildman–Crippen MR) is 89.0 cm³/mol. The standard InChI is InChI=1S/C16H16F3NO3S2/c17-16(18,19)12-5-3-11(4-6-12)15-20-13(8-24-15)9-25(21,22)10-14-2-1-7-23-14/h3-6,8,14H,1-2,7,9-10H2/t14-/m0/s1. The van der Waals surface area contributed by atoms with Crippen LogP contribution in [0.25, 0.3) is 10.6 Å². The quantitative estimate of drug-likeness (QED) is 0.775. The third-order valence-electron chi connectivity index (χ3n) is 3.84. The number of nitrogens with zero attached hydrogens (tertiary/aromatic N) is 1. The molecule has 136 valence electrons. The van der Waals surface area contributed by atoms with Crippen LogP contribution in [0.1, 0.15) is 24.1 Å². The van der Waals surface area contributed by atoms with Crippen molar-refractivity contribution in [2.45, 2.75) is 30.9 Å². The van der Waals surface area contributed by atoms with Gasteiger partial charge in [-0.3, -0.25) is 0 Å². The van der Waals surface area contributed by atoms with E-state index in [-0.39, 0.29) is 17.6 Å². The van der Waals surface area contributed by atoms with Gasteiger partial charge in [-0.1, -0.05) is 12.1 Å². The van der Waals surface area contributed by atoms with Crippen molar-refractivity contribution in [1.29, 1.82) is 0 Å². The molecule has 0 N–H and O–H groups in total. The molecule has 0 radical (unpaired) electrons. The molecule has 3 rings (SSSR count). The van der Waals surface area contributed by atoms with Gasteiger partial charge >= 0.3 is 6.18 Å². The fourth-order valence-electron chi connectivity index (χ4n) is 2.65. The molecule has 1 atom stereocenters. The Balaban J connectivity index is 1.69. The van der Waals surface area contributed by atoms with Crippen molar-refractivity contribution in [1.82, 2.24) is 4.98 Å². The van der Waals surface area contributed by atoms with E-state index in [9.17, 15) is 21.6 Å². The van der Waals surface area contributed by atoms with Gasteiger partial charge in [0, 0.05) is 17.6 Å². The van der Waals surface area contributed by atoms with Gasteiger partial charge in [-0.25, -0.2) is 13.4 Å². The summed E-state index contributed by atoms with van der Waals surface area (Å²) < 4.78 is 67.6. The number of aromatic nitrogens is 1. The van der Waals surface area contributed by atoms with Crippen molar-refractivity contribution in [3.05, 3.63) is 40.9 Å². The van der Waals surface area contributed by atoms with E-state index in [0.717, 1.165) is 25.0 Å². The number of benzene rings is 1. The summed E-state index contributed by atoms with van der Waals surface area (Å²) in [6.45, 7) is 0.592. The molecule has 0 bridgehead atoms. The molecule has 4 nitrogen and oxygen atoms in total. The van der Waals surface area contributed by atoms with Gasteiger partial charge < -0.3 is 4.74 Å². The maximum atomic E-state index is 12.6. The number of hydrogen-bond donors (Lipinski definition) is 0. The van der Waals surface area contributed by atoms with Crippen molar-refractivity contribution in [2.75, 3.05) is 12.4 Å². The Morgan fingerprint density at radius 1 is 1.24 bits per heavy atom. The molecule has 0 amide bonds. The van der Waals surface area contributed by atoms with E-state index >= 15 is 0 Å². The average molecular weight is 391 g/mol. The molecule has 2 heterocycles. The zero-order valence-electron chi connectivity index (χ0n) is 13.1. The highest BCUT2D eigenvalue weighted by Gasteiger charge is 2.30. The van der Waals surface area contributed by atoms with Crippen LogP contribution in [0.2, 0.25) is 0 Å². The Morgan fingerprint density at radius 2 is 1.96 bits per heavy atom. The Bertz CT molecular complexity index is 823. The van der Waals surface area contributed by atoms with Crippen molar-refractivity contribution in [2.24, 2.45) is 0 Å². The van der Waals surface area contributed by atoms with Crippen LogP contribution in [0.5, 0.6) is 0 Å². The lowest BCUT2D eigenvalue weighted by Crippen LogP contribution is -2.21. The van der Waals surface area contributed by atoms with E-state index in [2.05, 4.69) is 4.98 Å². The molecule has 1 fully saturated rings. The van der Waals surface area contributed by atoms with Gasteiger partial charge in [-0.15, -0.1) is 11.3 Å². The zero-order valence-corrected chi connectivity index (χ0v) is 14.8. The van der Waals surface area contributed by atoms with E-state index in [1.807, 2.05) is 0 Å². The second-order valence-corrected chi connectivity index (χ2v) is 8.88. The molecule has 25 heavy (non-hydrogen) atoms. The molecule has 1 saturated heterocycles. The first-order chi connectivity index (χ1) is 11.7. The molecular weight excluding hydrogens is 375 g/mol. The Hall–Kier alpha value is -1.45. The van der Waals surface area contributed by atoms with Crippen LogP contribution in [0.15, 0.2) is 29.6 Å². The van der Waals surface area contributed by atoms with Gasteiger partial charge in [-0.05, 0) is 25.0 Å². The molecule has 1 aromatic heterocycles.